The van der Waals surface area contributed by atoms with Gasteiger partial charge >= 0.3 is 6.11 Å². The number of rotatable bonds is 6. The molecule has 2 aliphatic heterocycles. The summed E-state index contributed by atoms with van der Waals surface area (Å²) in [6, 6.07) is 9.67. The summed E-state index contributed by atoms with van der Waals surface area (Å²) < 4.78 is 33.2. The summed E-state index contributed by atoms with van der Waals surface area (Å²) in [5.41, 5.74) is 4.59. The van der Waals surface area contributed by atoms with Crippen molar-refractivity contribution in [2.24, 2.45) is 5.92 Å². The lowest BCUT2D eigenvalue weighted by atomic mass is 9.91. The standard InChI is InChI=1S/C24H33F2N3O2/c1-4-22-23(28-12-11-27-14-18(16-30)5-6-20(27)15-28)13-17(2)29(22)19-7-9-21(10-8-19)31-24(3,25)26/h7-10,13,18,20,30H,4-6,11-12,14-16H2,1-3H3. The molecule has 4 rings (SSSR count). The van der Waals surface area contributed by atoms with Crippen molar-refractivity contribution in [3.63, 3.8) is 0 Å². The number of piperidine rings is 1. The number of aryl methyl sites for hydroxylation is 1. The van der Waals surface area contributed by atoms with Gasteiger partial charge in [0.05, 0.1) is 5.69 Å². The molecule has 2 atom stereocenters. The second-order valence-corrected chi connectivity index (χ2v) is 8.93. The third-order valence-electron chi connectivity index (χ3n) is 6.60. The van der Waals surface area contributed by atoms with Gasteiger partial charge in [-0.25, -0.2) is 0 Å². The fourth-order valence-electron chi connectivity index (χ4n) is 5.14. The molecule has 0 bridgehead atoms. The number of benzene rings is 1. The number of fused-ring (bicyclic) bond motifs is 1. The lowest BCUT2D eigenvalue weighted by molar-refractivity contribution is -0.158. The summed E-state index contributed by atoms with van der Waals surface area (Å²) in [4.78, 5) is 5.04. The quantitative estimate of drug-likeness (QED) is 0.740. The molecule has 0 aliphatic carbocycles. The Balaban J connectivity index is 1.56. The zero-order chi connectivity index (χ0) is 22.2. The fraction of sp³-hybridized carbons (Fsp3) is 0.583. The van der Waals surface area contributed by atoms with E-state index in [0.717, 1.165) is 63.7 Å². The van der Waals surface area contributed by atoms with Crippen LogP contribution in [0.25, 0.3) is 5.69 Å². The van der Waals surface area contributed by atoms with Crippen LogP contribution >= 0.6 is 0 Å². The van der Waals surface area contributed by atoms with Gasteiger partial charge in [-0.3, -0.25) is 4.90 Å². The predicted octanol–water partition coefficient (Wildman–Crippen LogP) is 4.23. The summed E-state index contributed by atoms with van der Waals surface area (Å²) in [7, 11) is 0. The highest BCUT2D eigenvalue weighted by Crippen LogP contribution is 2.33. The molecule has 5 nitrogen and oxygen atoms in total. The van der Waals surface area contributed by atoms with E-state index >= 15 is 0 Å². The van der Waals surface area contributed by atoms with E-state index in [-0.39, 0.29) is 12.4 Å². The number of anilines is 1. The highest BCUT2D eigenvalue weighted by atomic mass is 19.3. The average molecular weight is 434 g/mol. The van der Waals surface area contributed by atoms with Crippen LogP contribution in [-0.2, 0) is 6.42 Å². The molecule has 2 aliphatic rings. The van der Waals surface area contributed by atoms with Gasteiger partial charge in [0.25, 0.3) is 0 Å². The maximum Gasteiger partial charge on any atom is 0.394 e. The number of piperazine rings is 1. The number of ether oxygens (including phenoxy) is 1. The minimum Gasteiger partial charge on any atom is -0.433 e. The summed E-state index contributed by atoms with van der Waals surface area (Å²) in [6.07, 6.45) is -0.0825. The first-order chi connectivity index (χ1) is 14.8. The van der Waals surface area contributed by atoms with Crippen LogP contribution in [0.3, 0.4) is 0 Å². The maximum atomic E-state index is 13.1. The van der Waals surface area contributed by atoms with E-state index in [1.165, 1.54) is 11.4 Å². The van der Waals surface area contributed by atoms with Crippen molar-refractivity contribution in [3.8, 4) is 11.4 Å². The van der Waals surface area contributed by atoms with Crippen molar-refractivity contribution >= 4 is 5.69 Å². The van der Waals surface area contributed by atoms with E-state index in [4.69, 9.17) is 0 Å². The number of hydrogen-bond acceptors (Lipinski definition) is 4. The SMILES string of the molecule is CCc1c(N2CCN3CC(CO)CCC3C2)cc(C)n1-c1ccc(OC(C)(F)F)cc1. The Hall–Kier alpha value is -2.12. The molecule has 0 radical (unpaired) electrons. The highest BCUT2D eigenvalue weighted by molar-refractivity contribution is 5.58. The summed E-state index contributed by atoms with van der Waals surface area (Å²) in [5, 5.41) is 9.51. The number of nitrogens with zero attached hydrogens (tertiary/aromatic N) is 3. The van der Waals surface area contributed by atoms with Gasteiger partial charge in [-0.1, -0.05) is 6.92 Å². The second-order valence-electron chi connectivity index (χ2n) is 8.93. The number of alkyl halides is 2. The van der Waals surface area contributed by atoms with Gasteiger partial charge in [0.15, 0.2) is 0 Å². The molecule has 3 heterocycles. The molecule has 2 saturated heterocycles. The summed E-state index contributed by atoms with van der Waals surface area (Å²) in [5.74, 6) is 0.575. The highest BCUT2D eigenvalue weighted by Gasteiger charge is 2.33. The molecule has 1 aromatic heterocycles. The molecule has 2 unspecified atom stereocenters. The molecular weight excluding hydrogens is 400 g/mol. The molecular formula is C24H33F2N3O2. The van der Waals surface area contributed by atoms with Gasteiger partial charge in [0, 0.05) is 62.8 Å². The molecule has 2 fully saturated rings. The van der Waals surface area contributed by atoms with E-state index in [9.17, 15) is 13.9 Å². The van der Waals surface area contributed by atoms with Crippen LogP contribution in [0, 0.1) is 12.8 Å². The Morgan fingerprint density at radius 3 is 2.52 bits per heavy atom. The molecule has 0 spiro atoms. The largest absolute Gasteiger partial charge is 0.433 e. The third kappa shape index (κ3) is 4.72. The average Bonchev–Trinajstić information content (AvgIpc) is 3.08. The predicted molar refractivity (Wildman–Crippen MR) is 119 cm³/mol. The first-order valence-corrected chi connectivity index (χ1v) is 11.3. The van der Waals surface area contributed by atoms with E-state index in [0.29, 0.717) is 12.0 Å². The maximum absolute atomic E-state index is 13.1. The second kappa shape index (κ2) is 8.79. The minimum absolute atomic E-state index is 0.161. The zero-order valence-corrected chi connectivity index (χ0v) is 18.7. The van der Waals surface area contributed by atoms with Gasteiger partial charge in [-0.05, 0) is 62.4 Å². The van der Waals surface area contributed by atoms with Crippen LogP contribution in [0.5, 0.6) is 5.75 Å². The monoisotopic (exact) mass is 433 g/mol. The number of aliphatic hydroxyl groups excluding tert-OH is 1. The van der Waals surface area contributed by atoms with Crippen LogP contribution in [0.1, 0.15) is 38.1 Å². The number of aliphatic hydroxyl groups is 1. The van der Waals surface area contributed by atoms with Gasteiger partial charge in [-0.15, -0.1) is 0 Å². The minimum atomic E-state index is -3.19. The lowest BCUT2D eigenvalue weighted by Crippen LogP contribution is -2.57. The Kier molecular flexibility index (Phi) is 6.26. The third-order valence-corrected chi connectivity index (χ3v) is 6.60. The normalized spacial score (nSPS) is 22.5. The van der Waals surface area contributed by atoms with Gasteiger partial charge in [0.1, 0.15) is 5.75 Å². The molecule has 7 heteroatoms. The van der Waals surface area contributed by atoms with Gasteiger partial charge in [0.2, 0.25) is 0 Å². The number of aromatic nitrogens is 1. The molecule has 1 aromatic carbocycles. The van der Waals surface area contributed by atoms with Crippen LogP contribution in [-0.4, -0.2) is 59.5 Å². The van der Waals surface area contributed by atoms with E-state index < -0.39 is 6.11 Å². The molecule has 0 saturated carbocycles. The van der Waals surface area contributed by atoms with Crippen LogP contribution in [0.15, 0.2) is 30.3 Å². The van der Waals surface area contributed by atoms with Crippen molar-refractivity contribution < 1.29 is 18.6 Å². The summed E-state index contributed by atoms with van der Waals surface area (Å²) >= 11 is 0. The smallest absolute Gasteiger partial charge is 0.394 e. The van der Waals surface area contributed by atoms with Crippen molar-refractivity contribution in [3.05, 3.63) is 41.7 Å². The van der Waals surface area contributed by atoms with E-state index in [2.05, 4.69) is 39.0 Å². The van der Waals surface area contributed by atoms with Crippen molar-refractivity contribution in [2.75, 3.05) is 37.7 Å². The fourth-order valence-corrected chi connectivity index (χ4v) is 5.14. The van der Waals surface area contributed by atoms with Crippen molar-refractivity contribution in [2.45, 2.75) is 52.2 Å². The summed E-state index contributed by atoms with van der Waals surface area (Å²) in [6.45, 7) is 9.29. The topological polar surface area (TPSA) is 40.9 Å². The van der Waals surface area contributed by atoms with Crippen molar-refractivity contribution in [1.82, 2.24) is 9.47 Å². The van der Waals surface area contributed by atoms with Crippen LogP contribution in [0.4, 0.5) is 14.5 Å². The first-order valence-electron chi connectivity index (χ1n) is 11.3. The van der Waals surface area contributed by atoms with E-state index in [1.807, 2.05) is 12.1 Å². The van der Waals surface area contributed by atoms with E-state index in [1.54, 1.807) is 12.1 Å². The molecule has 31 heavy (non-hydrogen) atoms. The first kappa shape index (κ1) is 22.1. The molecule has 170 valence electrons. The van der Waals surface area contributed by atoms with Crippen LogP contribution in [0.2, 0.25) is 0 Å². The van der Waals surface area contributed by atoms with Gasteiger partial charge < -0.3 is 19.3 Å². The Morgan fingerprint density at radius 2 is 1.87 bits per heavy atom. The molecule has 1 N–H and O–H groups in total. The Labute approximate surface area is 183 Å². The Bertz CT molecular complexity index is 891. The van der Waals surface area contributed by atoms with Gasteiger partial charge in [-0.2, -0.15) is 8.78 Å². The van der Waals surface area contributed by atoms with Crippen molar-refractivity contribution in [1.29, 1.82) is 0 Å². The molecule has 0 amide bonds. The number of halogens is 2. The lowest BCUT2D eigenvalue weighted by Gasteiger charge is -2.46. The Morgan fingerprint density at radius 1 is 1.13 bits per heavy atom. The number of hydrogen-bond donors (Lipinski definition) is 1. The zero-order valence-electron chi connectivity index (χ0n) is 18.7. The molecule has 2 aromatic rings. The van der Waals surface area contributed by atoms with Crippen LogP contribution < -0.4 is 9.64 Å².